The fourth-order valence-corrected chi connectivity index (χ4v) is 3.12. The maximum absolute atomic E-state index is 12.4. The summed E-state index contributed by atoms with van der Waals surface area (Å²) in [5, 5.41) is 4.12. The molecule has 1 N–H and O–H groups in total. The van der Waals surface area contributed by atoms with Gasteiger partial charge in [0.2, 0.25) is 11.9 Å². The molecule has 1 saturated heterocycles. The predicted molar refractivity (Wildman–Crippen MR) is 94.7 cm³/mol. The van der Waals surface area contributed by atoms with Crippen molar-refractivity contribution in [2.24, 2.45) is 7.05 Å². The Hall–Kier alpha value is -2.64. The summed E-state index contributed by atoms with van der Waals surface area (Å²) in [6.45, 7) is 1.33. The van der Waals surface area contributed by atoms with Gasteiger partial charge in [-0.2, -0.15) is 5.10 Å². The SMILES string of the molecule is CN(C)c1nc(C2CCN(C(=O)CCc3cnn(C)c3)C2)cc(=O)[nH]1. The summed E-state index contributed by atoms with van der Waals surface area (Å²) < 4.78 is 1.74. The van der Waals surface area contributed by atoms with E-state index in [0.29, 0.717) is 31.9 Å². The first kappa shape index (κ1) is 17.2. The number of nitrogens with one attached hydrogen (secondary N) is 1. The number of hydrogen-bond donors (Lipinski definition) is 1. The van der Waals surface area contributed by atoms with Crippen LogP contribution in [0.4, 0.5) is 5.95 Å². The third-order valence-electron chi connectivity index (χ3n) is 4.52. The number of aryl methyl sites for hydroxylation is 2. The van der Waals surface area contributed by atoms with Crippen LogP contribution < -0.4 is 10.5 Å². The third kappa shape index (κ3) is 4.07. The number of carbonyl (C=O) groups is 1. The first-order chi connectivity index (χ1) is 11.9. The van der Waals surface area contributed by atoms with Crippen molar-refractivity contribution in [3.8, 4) is 0 Å². The Balaban J connectivity index is 1.61. The summed E-state index contributed by atoms with van der Waals surface area (Å²) in [5.74, 6) is 0.802. The molecular weight excluding hydrogens is 320 g/mol. The van der Waals surface area contributed by atoms with Gasteiger partial charge in [-0.25, -0.2) is 4.98 Å². The standard InChI is InChI=1S/C17H24N6O2/c1-21(2)17-19-14(8-15(24)20-17)13-6-7-23(11-13)16(25)5-4-12-9-18-22(3)10-12/h8-10,13H,4-7,11H2,1-3H3,(H,19,20,24). The molecule has 1 unspecified atom stereocenters. The number of anilines is 1. The molecule has 2 aromatic heterocycles. The number of H-pyrrole nitrogens is 1. The van der Waals surface area contributed by atoms with E-state index in [1.165, 1.54) is 0 Å². The summed E-state index contributed by atoms with van der Waals surface area (Å²) in [5.41, 5.74) is 1.67. The summed E-state index contributed by atoms with van der Waals surface area (Å²) in [6, 6.07) is 1.54. The van der Waals surface area contributed by atoms with Crippen LogP contribution >= 0.6 is 0 Å². The van der Waals surface area contributed by atoms with Crippen molar-refractivity contribution in [2.75, 3.05) is 32.1 Å². The van der Waals surface area contributed by atoms with Crippen molar-refractivity contribution in [3.05, 3.63) is 40.1 Å². The lowest BCUT2D eigenvalue weighted by Crippen LogP contribution is -2.29. The highest BCUT2D eigenvalue weighted by Gasteiger charge is 2.28. The van der Waals surface area contributed by atoms with E-state index in [9.17, 15) is 9.59 Å². The fourth-order valence-electron chi connectivity index (χ4n) is 3.12. The maximum Gasteiger partial charge on any atom is 0.252 e. The van der Waals surface area contributed by atoms with Gasteiger partial charge in [0.25, 0.3) is 5.56 Å². The molecule has 1 aliphatic heterocycles. The molecule has 0 bridgehead atoms. The first-order valence-corrected chi connectivity index (χ1v) is 8.46. The molecule has 1 aliphatic rings. The zero-order valence-corrected chi connectivity index (χ0v) is 14.9. The molecule has 1 amide bonds. The van der Waals surface area contributed by atoms with Gasteiger partial charge in [0, 0.05) is 58.8 Å². The molecule has 25 heavy (non-hydrogen) atoms. The topological polar surface area (TPSA) is 87.1 Å². The number of rotatable bonds is 5. The highest BCUT2D eigenvalue weighted by atomic mass is 16.2. The molecule has 8 nitrogen and oxygen atoms in total. The molecule has 134 valence electrons. The number of nitrogens with zero attached hydrogens (tertiary/aromatic N) is 5. The zero-order chi connectivity index (χ0) is 18.0. The Morgan fingerprint density at radius 1 is 1.44 bits per heavy atom. The Morgan fingerprint density at radius 3 is 2.92 bits per heavy atom. The monoisotopic (exact) mass is 344 g/mol. The van der Waals surface area contributed by atoms with E-state index in [1.807, 2.05) is 32.2 Å². The minimum atomic E-state index is -0.157. The average Bonchev–Trinajstić information content (AvgIpc) is 3.21. The molecule has 3 rings (SSSR count). The number of carbonyl (C=O) groups excluding carboxylic acids is 1. The Morgan fingerprint density at radius 2 is 2.24 bits per heavy atom. The normalized spacial score (nSPS) is 17.1. The summed E-state index contributed by atoms with van der Waals surface area (Å²) in [6.07, 6.45) is 5.74. The highest BCUT2D eigenvalue weighted by Crippen LogP contribution is 2.26. The second-order valence-corrected chi connectivity index (χ2v) is 6.74. The van der Waals surface area contributed by atoms with E-state index in [4.69, 9.17) is 0 Å². The van der Waals surface area contributed by atoms with Gasteiger partial charge in [0.1, 0.15) is 0 Å². The molecule has 0 aromatic carbocycles. The van der Waals surface area contributed by atoms with E-state index in [-0.39, 0.29) is 17.4 Å². The molecule has 1 atom stereocenters. The molecule has 0 saturated carbocycles. The summed E-state index contributed by atoms with van der Waals surface area (Å²) in [4.78, 5) is 35.2. The van der Waals surface area contributed by atoms with Gasteiger partial charge in [-0.15, -0.1) is 0 Å². The van der Waals surface area contributed by atoms with Gasteiger partial charge in [-0.3, -0.25) is 19.3 Å². The molecule has 3 heterocycles. The minimum Gasteiger partial charge on any atom is -0.348 e. The van der Waals surface area contributed by atoms with Crippen molar-refractivity contribution < 1.29 is 4.79 Å². The van der Waals surface area contributed by atoms with Gasteiger partial charge < -0.3 is 9.80 Å². The van der Waals surface area contributed by atoms with Crippen LogP contribution in [0.3, 0.4) is 0 Å². The van der Waals surface area contributed by atoms with Crippen molar-refractivity contribution >= 4 is 11.9 Å². The zero-order valence-electron chi connectivity index (χ0n) is 14.9. The minimum absolute atomic E-state index is 0.114. The second-order valence-electron chi connectivity index (χ2n) is 6.74. The molecule has 1 fully saturated rings. The number of hydrogen-bond acceptors (Lipinski definition) is 5. The van der Waals surface area contributed by atoms with Gasteiger partial charge in [-0.1, -0.05) is 0 Å². The van der Waals surface area contributed by atoms with Gasteiger partial charge >= 0.3 is 0 Å². The number of amides is 1. The number of likely N-dealkylation sites (tertiary alicyclic amines) is 1. The fraction of sp³-hybridized carbons (Fsp3) is 0.529. The van der Waals surface area contributed by atoms with E-state index < -0.39 is 0 Å². The smallest absolute Gasteiger partial charge is 0.252 e. The van der Waals surface area contributed by atoms with E-state index in [1.54, 1.807) is 21.8 Å². The Bertz CT molecular complexity index is 809. The van der Waals surface area contributed by atoms with Crippen molar-refractivity contribution in [3.63, 3.8) is 0 Å². The van der Waals surface area contributed by atoms with E-state index in [0.717, 1.165) is 17.7 Å². The van der Waals surface area contributed by atoms with Crippen LogP contribution in [0.5, 0.6) is 0 Å². The van der Waals surface area contributed by atoms with Gasteiger partial charge in [-0.05, 0) is 18.4 Å². The lowest BCUT2D eigenvalue weighted by atomic mass is 10.1. The summed E-state index contributed by atoms with van der Waals surface area (Å²) in [7, 11) is 5.54. The Kier molecular flexibility index (Phi) is 4.87. The third-order valence-corrected chi connectivity index (χ3v) is 4.52. The first-order valence-electron chi connectivity index (χ1n) is 8.46. The van der Waals surface area contributed by atoms with Crippen LogP contribution in [-0.4, -0.2) is 57.7 Å². The van der Waals surface area contributed by atoms with Gasteiger partial charge in [0.15, 0.2) is 0 Å². The molecule has 2 aromatic rings. The van der Waals surface area contributed by atoms with Crippen LogP contribution in [-0.2, 0) is 18.3 Å². The van der Waals surface area contributed by atoms with Crippen LogP contribution in [0.15, 0.2) is 23.3 Å². The van der Waals surface area contributed by atoms with Crippen LogP contribution in [0.25, 0.3) is 0 Å². The molecule has 8 heteroatoms. The number of aromatic nitrogens is 4. The largest absolute Gasteiger partial charge is 0.348 e. The molecule has 0 aliphatic carbocycles. The second kappa shape index (κ2) is 7.08. The molecular formula is C17H24N6O2. The molecule has 0 spiro atoms. The average molecular weight is 344 g/mol. The lowest BCUT2D eigenvalue weighted by Gasteiger charge is -2.17. The Labute approximate surface area is 146 Å². The lowest BCUT2D eigenvalue weighted by molar-refractivity contribution is -0.130. The van der Waals surface area contributed by atoms with E-state index in [2.05, 4.69) is 15.1 Å². The predicted octanol–water partition coefficient (Wildman–Crippen LogP) is 0.518. The summed E-state index contributed by atoms with van der Waals surface area (Å²) >= 11 is 0. The quantitative estimate of drug-likeness (QED) is 0.854. The molecule has 0 radical (unpaired) electrons. The van der Waals surface area contributed by atoms with Gasteiger partial charge in [0.05, 0.1) is 11.9 Å². The van der Waals surface area contributed by atoms with Crippen LogP contribution in [0, 0.1) is 0 Å². The van der Waals surface area contributed by atoms with Crippen molar-refractivity contribution in [2.45, 2.75) is 25.2 Å². The van der Waals surface area contributed by atoms with Crippen molar-refractivity contribution in [1.82, 2.24) is 24.6 Å². The highest BCUT2D eigenvalue weighted by molar-refractivity contribution is 5.76. The van der Waals surface area contributed by atoms with Crippen LogP contribution in [0.1, 0.15) is 30.0 Å². The van der Waals surface area contributed by atoms with E-state index >= 15 is 0 Å². The maximum atomic E-state index is 12.4. The van der Waals surface area contributed by atoms with Crippen LogP contribution in [0.2, 0.25) is 0 Å². The number of aromatic amines is 1. The van der Waals surface area contributed by atoms with Crippen molar-refractivity contribution in [1.29, 1.82) is 0 Å².